The number of allylic oxidation sites excluding steroid dienone is 2. The summed E-state index contributed by atoms with van der Waals surface area (Å²) in [7, 11) is 1.41. The van der Waals surface area contributed by atoms with Crippen LogP contribution in [0.5, 0.6) is 11.5 Å². The summed E-state index contributed by atoms with van der Waals surface area (Å²) < 4.78 is 20.2. The third-order valence-electron chi connectivity index (χ3n) is 11.3. The van der Waals surface area contributed by atoms with Crippen molar-refractivity contribution in [2.24, 2.45) is 23.7 Å². The number of imide groups is 2. The minimum atomic E-state index is -1.63. The van der Waals surface area contributed by atoms with E-state index < -0.39 is 52.6 Å². The van der Waals surface area contributed by atoms with Crippen molar-refractivity contribution >= 4 is 84.5 Å². The fourth-order valence-electron chi connectivity index (χ4n) is 8.99. The molecule has 8 rings (SSSR count). The number of hydrogen-bond donors (Lipinski definition) is 2. The van der Waals surface area contributed by atoms with E-state index in [1.54, 1.807) is 60.7 Å². The molecule has 54 heavy (non-hydrogen) atoms. The van der Waals surface area contributed by atoms with Gasteiger partial charge in [-0.15, -0.1) is 0 Å². The number of benzene rings is 4. The summed E-state index contributed by atoms with van der Waals surface area (Å²) in [4.78, 5) is 60.2. The molecule has 4 aromatic carbocycles. The fourth-order valence-corrected chi connectivity index (χ4v) is 10.1. The lowest BCUT2D eigenvalue weighted by molar-refractivity contribution is -0.138. The number of carbonyl (C=O) groups is 4. The number of hydrazine groups is 1. The summed E-state index contributed by atoms with van der Waals surface area (Å²) in [5, 5.41) is 12.4. The highest BCUT2D eigenvalue weighted by molar-refractivity contribution is 9.13. The van der Waals surface area contributed by atoms with Gasteiger partial charge in [0.25, 0.3) is 11.8 Å². The highest BCUT2D eigenvalue weighted by Crippen LogP contribution is 2.65. The van der Waals surface area contributed by atoms with Gasteiger partial charge in [-0.2, -0.15) is 5.01 Å². The zero-order valence-electron chi connectivity index (χ0n) is 28.6. The van der Waals surface area contributed by atoms with Crippen LogP contribution in [0, 0.1) is 29.5 Å². The number of amides is 4. The Morgan fingerprint density at radius 2 is 1.63 bits per heavy atom. The van der Waals surface area contributed by atoms with Crippen molar-refractivity contribution in [1.29, 1.82) is 0 Å². The maximum absolute atomic E-state index is 15.4. The number of rotatable bonds is 7. The second kappa shape index (κ2) is 13.5. The van der Waals surface area contributed by atoms with Gasteiger partial charge in [-0.25, -0.2) is 4.39 Å². The number of halogens is 4. The third kappa shape index (κ3) is 5.28. The summed E-state index contributed by atoms with van der Waals surface area (Å²) in [5.74, 6) is -6.56. The van der Waals surface area contributed by atoms with Gasteiger partial charge in [0.2, 0.25) is 11.8 Å². The lowest BCUT2D eigenvalue weighted by Gasteiger charge is -2.51. The topological polar surface area (TPSA) is 116 Å². The Morgan fingerprint density at radius 3 is 2.28 bits per heavy atom. The molecule has 13 heteroatoms. The number of ether oxygens (including phenoxy) is 1. The molecule has 4 aromatic rings. The molecule has 2 heterocycles. The van der Waals surface area contributed by atoms with Gasteiger partial charge in [0.1, 0.15) is 5.82 Å². The van der Waals surface area contributed by atoms with E-state index in [-0.39, 0.29) is 40.6 Å². The lowest BCUT2D eigenvalue weighted by Crippen LogP contribution is -2.53. The summed E-state index contributed by atoms with van der Waals surface area (Å²) in [6.07, 6.45) is 3.89. The number of methoxy groups -OCH3 is 1. The molecule has 2 saturated heterocycles. The number of nitrogens with zero attached hydrogens (tertiary/aromatic N) is 2. The van der Waals surface area contributed by atoms with E-state index in [0.29, 0.717) is 37.6 Å². The van der Waals surface area contributed by atoms with E-state index in [1.807, 2.05) is 6.08 Å². The molecule has 6 atom stereocenters. The van der Waals surface area contributed by atoms with Crippen LogP contribution in [0.1, 0.15) is 35.4 Å². The Balaban J connectivity index is 1.36. The summed E-state index contributed by atoms with van der Waals surface area (Å²) in [5.41, 5.74) is 4.60. The van der Waals surface area contributed by atoms with E-state index in [2.05, 4.69) is 43.9 Å². The Hall–Kier alpha value is -4.78. The standard InChI is InChI=1S/C41H31Br2ClFN3O6/c1-3-20-4-14-25(15-5-20)47-37(50)27-17-16-26-28(32(27)39(47)52)18-30-38(51)48(46-24-12-10-23(45)11-13-24)40(53)41(30,21-6-8-22(44)9-7-21)33(26)29-19-31(54-2)36(49)35(43)34(29)42/h3-16,19,27-28,30,32-33,46,49H,1,17-18H2,2H3/t27-,28+,30-,32-,33+,41+/m0/s1. The first-order valence-electron chi connectivity index (χ1n) is 17.1. The molecule has 4 aliphatic rings. The number of aromatic hydroxyl groups is 1. The minimum Gasteiger partial charge on any atom is -0.503 e. The number of phenolic OH excluding ortho intramolecular Hbond substituents is 1. The van der Waals surface area contributed by atoms with Crippen molar-refractivity contribution in [3.8, 4) is 11.5 Å². The summed E-state index contributed by atoms with van der Waals surface area (Å²) in [6, 6.07) is 20.7. The number of fused-ring (bicyclic) bond motifs is 4. The molecular weight excluding hydrogens is 845 g/mol. The minimum absolute atomic E-state index is 0.0641. The van der Waals surface area contributed by atoms with Crippen molar-refractivity contribution in [2.75, 3.05) is 17.4 Å². The van der Waals surface area contributed by atoms with Crippen LogP contribution in [0.25, 0.3) is 6.08 Å². The largest absolute Gasteiger partial charge is 0.503 e. The number of hydrogen-bond acceptors (Lipinski definition) is 7. The average molecular weight is 876 g/mol. The molecular formula is C41H31Br2ClFN3O6. The quantitative estimate of drug-likeness (QED) is 0.141. The highest BCUT2D eigenvalue weighted by Gasteiger charge is 2.70. The van der Waals surface area contributed by atoms with Crippen LogP contribution < -0.4 is 15.1 Å². The first-order chi connectivity index (χ1) is 25.9. The zero-order chi connectivity index (χ0) is 38.2. The van der Waals surface area contributed by atoms with Crippen LogP contribution in [0.15, 0.2) is 106 Å². The van der Waals surface area contributed by atoms with Gasteiger partial charge in [0.05, 0.1) is 46.1 Å². The van der Waals surface area contributed by atoms with Gasteiger partial charge >= 0.3 is 0 Å². The molecule has 4 amide bonds. The predicted molar refractivity (Wildman–Crippen MR) is 208 cm³/mol. The molecule has 274 valence electrons. The van der Waals surface area contributed by atoms with Gasteiger partial charge in [-0.1, -0.05) is 60.2 Å². The molecule has 0 spiro atoms. The van der Waals surface area contributed by atoms with Crippen molar-refractivity contribution in [2.45, 2.75) is 24.2 Å². The van der Waals surface area contributed by atoms with E-state index in [1.165, 1.54) is 36.3 Å². The molecule has 0 unspecified atom stereocenters. The molecule has 3 fully saturated rings. The Kier molecular flexibility index (Phi) is 9.06. The van der Waals surface area contributed by atoms with Crippen molar-refractivity contribution < 1.29 is 33.4 Å². The van der Waals surface area contributed by atoms with Crippen LogP contribution in [0.2, 0.25) is 5.02 Å². The second-order valence-electron chi connectivity index (χ2n) is 13.8. The van der Waals surface area contributed by atoms with E-state index in [9.17, 15) is 23.9 Å². The molecule has 0 radical (unpaired) electrons. The van der Waals surface area contributed by atoms with Crippen LogP contribution in [-0.2, 0) is 24.6 Å². The SMILES string of the molecule is C=Cc1ccc(N2C(=O)[C@H]3[C@H](CC=C4[C@H]3C[C@H]3C(=O)N(Nc5ccc(F)cc5)C(=O)[C@@]3(c3ccc(Cl)cc3)[C@H]4c3cc(OC)c(O)c(Br)c3Br)C2=O)cc1. The van der Waals surface area contributed by atoms with Gasteiger partial charge in [0.15, 0.2) is 11.5 Å². The Morgan fingerprint density at radius 1 is 0.944 bits per heavy atom. The first-order valence-corrected chi connectivity index (χ1v) is 19.1. The van der Waals surface area contributed by atoms with E-state index in [0.717, 1.165) is 10.6 Å². The number of phenols is 1. The second-order valence-corrected chi connectivity index (χ2v) is 15.8. The maximum Gasteiger partial charge on any atom is 0.260 e. The number of carbonyl (C=O) groups excluding carboxylic acids is 4. The van der Waals surface area contributed by atoms with Crippen molar-refractivity contribution in [1.82, 2.24) is 5.01 Å². The zero-order valence-corrected chi connectivity index (χ0v) is 32.5. The Labute approximate surface area is 331 Å². The molecule has 0 aromatic heterocycles. The molecule has 0 bridgehead atoms. The predicted octanol–water partition coefficient (Wildman–Crippen LogP) is 8.55. The lowest BCUT2D eigenvalue weighted by atomic mass is 9.49. The number of anilines is 2. The van der Waals surface area contributed by atoms with Crippen LogP contribution in [-0.4, -0.2) is 40.9 Å². The summed E-state index contributed by atoms with van der Waals surface area (Å²) >= 11 is 13.6. The van der Waals surface area contributed by atoms with Gasteiger partial charge in [-0.3, -0.25) is 29.5 Å². The maximum atomic E-state index is 15.4. The molecule has 2 N–H and O–H groups in total. The van der Waals surface area contributed by atoms with Crippen LogP contribution in [0.3, 0.4) is 0 Å². The Bertz CT molecular complexity index is 2300. The van der Waals surface area contributed by atoms with Crippen LogP contribution in [0.4, 0.5) is 15.8 Å². The van der Waals surface area contributed by atoms with Gasteiger partial charge in [0, 0.05) is 15.4 Å². The normalized spacial score (nSPS) is 25.9. The highest BCUT2D eigenvalue weighted by atomic mass is 79.9. The summed E-state index contributed by atoms with van der Waals surface area (Å²) in [6.45, 7) is 3.79. The van der Waals surface area contributed by atoms with Gasteiger partial charge < -0.3 is 9.84 Å². The molecule has 9 nitrogen and oxygen atoms in total. The fraction of sp³-hybridized carbons (Fsp3) is 0.220. The first kappa shape index (κ1) is 36.2. The number of nitrogens with one attached hydrogen (secondary N) is 1. The van der Waals surface area contributed by atoms with Crippen molar-refractivity contribution in [3.63, 3.8) is 0 Å². The van der Waals surface area contributed by atoms with E-state index in [4.69, 9.17) is 16.3 Å². The van der Waals surface area contributed by atoms with Crippen LogP contribution >= 0.6 is 43.5 Å². The van der Waals surface area contributed by atoms with E-state index >= 15 is 4.79 Å². The monoisotopic (exact) mass is 873 g/mol. The average Bonchev–Trinajstić information content (AvgIpc) is 3.56. The van der Waals surface area contributed by atoms with Crippen molar-refractivity contribution in [3.05, 3.63) is 134 Å². The third-order valence-corrected chi connectivity index (χ3v) is 13.8. The molecule has 2 aliphatic carbocycles. The molecule has 2 aliphatic heterocycles. The molecule has 1 saturated carbocycles. The smallest absolute Gasteiger partial charge is 0.260 e. The van der Waals surface area contributed by atoms with Gasteiger partial charge in [-0.05, 0) is 122 Å².